The quantitative estimate of drug-likeness (QED) is 0.882. The van der Waals surface area contributed by atoms with Gasteiger partial charge in [-0.05, 0) is 18.9 Å². The molecule has 2 aromatic rings. The van der Waals surface area contributed by atoms with Gasteiger partial charge < -0.3 is 10.0 Å². The van der Waals surface area contributed by atoms with Crippen molar-refractivity contribution in [2.45, 2.75) is 32.2 Å². The summed E-state index contributed by atoms with van der Waals surface area (Å²) in [4.78, 5) is 25.5. The zero-order chi connectivity index (χ0) is 16.6. The second kappa shape index (κ2) is 6.02. The molecule has 6 heteroatoms. The van der Waals surface area contributed by atoms with Gasteiger partial charge >= 0.3 is 5.97 Å². The summed E-state index contributed by atoms with van der Waals surface area (Å²) >= 11 is 0. The Kier molecular flexibility index (Phi) is 4.07. The SMILES string of the molecule is CC(CN(C(=O)Cc1nn(C)c2ccccc12)C1CC1)C(=O)O. The van der Waals surface area contributed by atoms with Gasteiger partial charge in [0.2, 0.25) is 5.91 Å². The summed E-state index contributed by atoms with van der Waals surface area (Å²) in [6.07, 6.45) is 2.13. The molecule has 1 N–H and O–H groups in total. The van der Waals surface area contributed by atoms with E-state index >= 15 is 0 Å². The fourth-order valence-electron chi connectivity index (χ4n) is 2.88. The molecule has 1 atom stereocenters. The van der Waals surface area contributed by atoms with E-state index in [-0.39, 0.29) is 24.9 Å². The largest absolute Gasteiger partial charge is 0.481 e. The van der Waals surface area contributed by atoms with Gasteiger partial charge in [-0.25, -0.2) is 0 Å². The van der Waals surface area contributed by atoms with E-state index < -0.39 is 11.9 Å². The molecule has 1 fully saturated rings. The zero-order valence-electron chi connectivity index (χ0n) is 13.4. The van der Waals surface area contributed by atoms with E-state index in [1.807, 2.05) is 31.3 Å². The van der Waals surface area contributed by atoms with Crippen LogP contribution in [0.2, 0.25) is 0 Å². The van der Waals surface area contributed by atoms with Crippen LogP contribution in [0.1, 0.15) is 25.5 Å². The number of nitrogens with zero attached hydrogens (tertiary/aromatic N) is 3. The van der Waals surface area contributed by atoms with Crippen molar-refractivity contribution in [2.24, 2.45) is 13.0 Å². The van der Waals surface area contributed by atoms with Gasteiger partial charge in [-0.2, -0.15) is 5.10 Å². The van der Waals surface area contributed by atoms with Crippen molar-refractivity contribution >= 4 is 22.8 Å². The Labute approximate surface area is 134 Å². The van der Waals surface area contributed by atoms with E-state index in [9.17, 15) is 9.59 Å². The fraction of sp³-hybridized carbons (Fsp3) is 0.471. The van der Waals surface area contributed by atoms with Gasteiger partial charge in [0.1, 0.15) is 0 Å². The number of aliphatic carboxylic acids is 1. The number of rotatable bonds is 6. The van der Waals surface area contributed by atoms with Crippen molar-refractivity contribution in [3.63, 3.8) is 0 Å². The van der Waals surface area contributed by atoms with E-state index in [1.165, 1.54) is 0 Å². The Morgan fingerprint density at radius 1 is 1.39 bits per heavy atom. The molecular weight excluding hydrogens is 294 g/mol. The molecule has 0 radical (unpaired) electrons. The van der Waals surface area contributed by atoms with Gasteiger partial charge in [-0.1, -0.05) is 25.1 Å². The number of benzene rings is 1. The Bertz CT molecular complexity index is 749. The van der Waals surface area contributed by atoms with Crippen molar-refractivity contribution in [1.82, 2.24) is 14.7 Å². The zero-order valence-corrected chi connectivity index (χ0v) is 13.4. The standard InChI is InChI=1S/C17H21N3O3/c1-11(17(22)23)10-20(12-7-8-12)16(21)9-14-13-5-3-4-6-15(13)19(2)18-14/h3-6,11-12H,7-10H2,1-2H3,(H,22,23). The Balaban J connectivity index is 1.79. The lowest BCUT2D eigenvalue weighted by molar-refractivity contribution is -0.143. The molecule has 122 valence electrons. The Morgan fingerprint density at radius 2 is 2.09 bits per heavy atom. The molecular formula is C17H21N3O3. The number of aryl methyl sites for hydroxylation is 1. The number of fused-ring (bicyclic) bond motifs is 1. The minimum absolute atomic E-state index is 0.0375. The molecule has 0 saturated heterocycles. The van der Waals surface area contributed by atoms with E-state index in [0.717, 1.165) is 29.4 Å². The second-order valence-electron chi connectivity index (χ2n) is 6.28. The highest BCUT2D eigenvalue weighted by Crippen LogP contribution is 2.29. The molecule has 0 bridgehead atoms. The lowest BCUT2D eigenvalue weighted by Gasteiger charge is -2.24. The predicted octanol–water partition coefficient (Wildman–Crippen LogP) is 1.83. The van der Waals surface area contributed by atoms with Gasteiger partial charge in [-0.15, -0.1) is 0 Å². The van der Waals surface area contributed by atoms with Crippen molar-refractivity contribution in [3.05, 3.63) is 30.0 Å². The molecule has 6 nitrogen and oxygen atoms in total. The maximum Gasteiger partial charge on any atom is 0.308 e. The smallest absolute Gasteiger partial charge is 0.308 e. The highest BCUT2D eigenvalue weighted by atomic mass is 16.4. The van der Waals surface area contributed by atoms with Crippen LogP contribution in [-0.4, -0.2) is 44.3 Å². The molecule has 1 aliphatic rings. The highest BCUT2D eigenvalue weighted by Gasteiger charge is 2.34. The third-order valence-corrected chi connectivity index (χ3v) is 4.35. The molecule has 1 amide bonds. The Morgan fingerprint density at radius 3 is 2.74 bits per heavy atom. The molecule has 23 heavy (non-hydrogen) atoms. The van der Waals surface area contributed by atoms with Crippen molar-refractivity contribution < 1.29 is 14.7 Å². The van der Waals surface area contributed by atoms with Crippen LogP contribution < -0.4 is 0 Å². The number of carboxylic acid groups (broad SMARTS) is 1. The average Bonchev–Trinajstić information content (AvgIpc) is 3.31. The van der Waals surface area contributed by atoms with Crippen molar-refractivity contribution in [3.8, 4) is 0 Å². The van der Waals surface area contributed by atoms with Gasteiger partial charge in [-0.3, -0.25) is 14.3 Å². The third kappa shape index (κ3) is 3.21. The number of carbonyl (C=O) groups is 2. The van der Waals surface area contributed by atoms with Crippen LogP contribution in [0.15, 0.2) is 24.3 Å². The van der Waals surface area contributed by atoms with Gasteiger partial charge in [0.15, 0.2) is 0 Å². The van der Waals surface area contributed by atoms with Crippen LogP contribution >= 0.6 is 0 Å². The first-order valence-corrected chi connectivity index (χ1v) is 7.90. The number of amides is 1. The molecule has 1 saturated carbocycles. The number of aromatic nitrogens is 2. The predicted molar refractivity (Wildman–Crippen MR) is 86.0 cm³/mol. The second-order valence-corrected chi connectivity index (χ2v) is 6.28. The summed E-state index contributed by atoms with van der Waals surface area (Å²) in [5.74, 6) is -1.46. The van der Waals surface area contributed by atoms with Gasteiger partial charge in [0.05, 0.1) is 23.5 Å². The number of hydrogen-bond acceptors (Lipinski definition) is 3. The first-order valence-electron chi connectivity index (χ1n) is 7.90. The van der Waals surface area contributed by atoms with Crippen molar-refractivity contribution in [2.75, 3.05) is 6.54 Å². The molecule has 1 heterocycles. The average molecular weight is 315 g/mol. The topological polar surface area (TPSA) is 75.4 Å². The van der Waals surface area contributed by atoms with E-state index in [0.29, 0.717) is 0 Å². The summed E-state index contributed by atoms with van der Waals surface area (Å²) in [6, 6.07) is 8.01. The molecule has 3 rings (SSSR count). The van der Waals surface area contributed by atoms with Gasteiger partial charge in [0, 0.05) is 25.0 Å². The number of para-hydroxylation sites is 1. The normalized spacial score (nSPS) is 15.6. The minimum Gasteiger partial charge on any atom is -0.481 e. The maximum absolute atomic E-state index is 12.7. The molecule has 1 aromatic carbocycles. The Hall–Kier alpha value is -2.37. The van der Waals surface area contributed by atoms with Crippen LogP contribution in [0, 0.1) is 5.92 Å². The first-order chi connectivity index (χ1) is 11.0. The summed E-state index contributed by atoms with van der Waals surface area (Å²) in [7, 11) is 1.86. The van der Waals surface area contributed by atoms with E-state index in [2.05, 4.69) is 5.10 Å². The van der Waals surface area contributed by atoms with Crippen LogP contribution in [0.25, 0.3) is 10.9 Å². The summed E-state index contributed by atoms with van der Waals surface area (Å²) in [5, 5.41) is 14.5. The summed E-state index contributed by atoms with van der Waals surface area (Å²) < 4.78 is 1.78. The molecule has 0 aliphatic heterocycles. The number of carboxylic acids is 1. The lowest BCUT2D eigenvalue weighted by Crippen LogP contribution is -2.39. The summed E-state index contributed by atoms with van der Waals surface area (Å²) in [6.45, 7) is 1.91. The van der Waals surface area contributed by atoms with Crippen LogP contribution in [0.5, 0.6) is 0 Å². The lowest BCUT2D eigenvalue weighted by atomic mass is 10.1. The third-order valence-electron chi connectivity index (χ3n) is 4.35. The van der Waals surface area contributed by atoms with Crippen LogP contribution in [0.3, 0.4) is 0 Å². The highest BCUT2D eigenvalue weighted by molar-refractivity contribution is 5.88. The summed E-state index contributed by atoms with van der Waals surface area (Å²) in [5.41, 5.74) is 1.74. The van der Waals surface area contributed by atoms with Crippen molar-refractivity contribution in [1.29, 1.82) is 0 Å². The minimum atomic E-state index is -0.869. The first kappa shape index (κ1) is 15.5. The van der Waals surface area contributed by atoms with E-state index in [1.54, 1.807) is 16.5 Å². The number of hydrogen-bond donors (Lipinski definition) is 1. The van der Waals surface area contributed by atoms with Gasteiger partial charge in [0.25, 0.3) is 0 Å². The van der Waals surface area contributed by atoms with Crippen LogP contribution in [-0.2, 0) is 23.1 Å². The monoisotopic (exact) mass is 315 g/mol. The number of carbonyl (C=O) groups excluding carboxylic acids is 1. The molecule has 1 aromatic heterocycles. The maximum atomic E-state index is 12.7. The molecule has 1 unspecified atom stereocenters. The van der Waals surface area contributed by atoms with E-state index in [4.69, 9.17) is 5.11 Å². The fourth-order valence-corrected chi connectivity index (χ4v) is 2.88. The molecule has 0 spiro atoms. The van der Waals surface area contributed by atoms with Crippen LogP contribution in [0.4, 0.5) is 0 Å². The molecule has 1 aliphatic carbocycles.